The molecule has 7 atom stereocenters. The van der Waals surface area contributed by atoms with Crippen molar-refractivity contribution in [2.45, 2.75) is 63.4 Å². The number of phenolic OH excluding ortho intramolecular Hbond substituents is 1. The smallest absolute Gasteiger partial charge is 0.322 e. The molecular formula is C36H45N3O10. The Bertz CT molecular complexity index is 1720. The molecule has 0 heterocycles. The number of aliphatic hydroxyl groups excluding tert-OH is 2. The minimum absolute atomic E-state index is 0.000833. The second-order valence-corrected chi connectivity index (χ2v) is 13.9. The van der Waals surface area contributed by atoms with Crippen LogP contribution in [0.1, 0.15) is 43.4 Å². The van der Waals surface area contributed by atoms with Crippen LogP contribution in [0.25, 0.3) is 16.9 Å². The first-order valence-electron chi connectivity index (χ1n) is 16.3. The molecule has 5 rings (SSSR count). The Morgan fingerprint density at radius 2 is 1.80 bits per heavy atom. The van der Waals surface area contributed by atoms with Crippen LogP contribution in [0.5, 0.6) is 11.5 Å². The fourth-order valence-corrected chi connectivity index (χ4v) is 8.05. The summed E-state index contributed by atoms with van der Waals surface area (Å²) in [5, 5.41) is 49.0. The van der Waals surface area contributed by atoms with Crippen LogP contribution in [0.15, 0.2) is 35.9 Å². The lowest BCUT2D eigenvalue weighted by Crippen LogP contribution is -2.73. The molecule has 49 heavy (non-hydrogen) atoms. The van der Waals surface area contributed by atoms with Crippen molar-refractivity contribution >= 4 is 29.2 Å². The van der Waals surface area contributed by atoms with Crippen LogP contribution in [0, 0.1) is 23.7 Å². The summed E-state index contributed by atoms with van der Waals surface area (Å²) in [4.78, 5) is 54.0. The zero-order valence-corrected chi connectivity index (χ0v) is 28.5. The highest BCUT2D eigenvalue weighted by Gasteiger charge is 2.67. The Morgan fingerprint density at radius 1 is 1.10 bits per heavy atom. The highest BCUT2D eigenvalue weighted by atomic mass is 16.5. The topological polar surface area (TPSA) is 209 Å². The Balaban J connectivity index is 1.60. The van der Waals surface area contributed by atoms with Gasteiger partial charge < -0.3 is 45.9 Å². The molecule has 2 fully saturated rings. The number of rotatable bonds is 10. The minimum Gasteiger partial charge on any atom is -0.507 e. The average molecular weight is 680 g/mol. The summed E-state index contributed by atoms with van der Waals surface area (Å²) in [7, 11) is 6.07. The van der Waals surface area contributed by atoms with E-state index in [2.05, 4.69) is 5.32 Å². The number of fused-ring (bicyclic) bond motifs is 3. The number of phenols is 1. The number of nitrogens with two attached hydrogens (primary N) is 1. The van der Waals surface area contributed by atoms with Crippen LogP contribution in [-0.2, 0) is 36.9 Å². The Morgan fingerprint density at radius 3 is 2.39 bits per heavy atom. The predicted molar refractivity (Wildman–Crippen MR) is 178 cm³/mol. The molecule has 7 N–H and O–H groups in total. The molecule has 2 aromatic rings. The van der Waals surface area contributed by atoms with Gasteiger partial charge in [-0.3, -0.25) is 19.2 Å². The van der Waals surface area contributed by atoms with Crippen LogP contribution >= 0.6 is 0 Å². The lowest BCUT2D eigenvalue weighted by atomic mass is 9.54. The molecule has 1 amide bonds. The molecule has 0 spiro atoms. The van der Waals surface area contributed by atoms with E-state index in [0.717, 1.165) is 5.56 Å². The van der Waals surface area contributed by atoms with Gasteiger partial charge in [-0.2, -0.15) is 0 Å². The van der Waals surface area contributed by atoms with E-state index in [1.807, 2.05) is 26.0 Å². The number of likely N-dealkylation sites (N-methyl/N-ethyl adjacent to an activating group) is 1. The molecule has 13 nitrogen and oxygen atoms in total. The molecule has 2 saturated carbocycles. The number of carbonyl (C=O) groups is 4. The summed E-state index contributed by atoms with van der Waals surface area (Å²) in [6.07, 6.45) is -0.872. The highest BCUT2D eigenvalue weighted by Crippen LogP contribution is 2.53. The molecule has 3 unspecified atom stereocenters. The van der Waals surface area contributed by atoms with Crippen molar-refractivity contribution in [3.05, 3.63) is 52.6 Å². The van der Waals surface area contributed by atoms with E-state index in [1.54, 1.807) is 31.1 Å². The number of hydrogen-bond donors (Lipinski definition) is 6. The van der Waals surface area contributed by atoms with Crippen LogP contribution < -0.4 is 15.8 Å². The summed E-state index contributed by atoms with van der Waals surface area (Å²) in [5.41, 5.74) is 5.05. The molecular weight excluding hydrogens is 634 g/mol. The normalized spacial score (nSPS) is 27.0. The predicted octanol–water partition coefficient (Wildman–Crippen LogP) is 1.48. The maximum atomic E-state index is 14.2. The number of aromatic hydroxyl groups is 1. The number of carbonyl (C=O) groups excluding carboxylic acids is 4. The van der Waals surface area contributed by atoms with Crippen LogP contribution in [0.4, 0.5) is 0 Å². The number of hydrogen-bond acceptors (Lipinski definition) is 12. The van der Waals surface area contributed by atoms with E-state index < -0.39 is 64.8 Å². The van der Waals surface area contributed by atoms with Crippen molar-refractivity contribution in [3.8, 4) is 22.6 Å². The van der Waals surface area contributed by atoms with Gasteiger partial charge in [-0.05, 0) is 80.1 Å². The monoisotopic (exact) mass is 679 g/mol. The Labute approximate surface area is 284 Å². The third kappa shape index (κ3) is 5.98. The van der Waals surface area contributed by atoms with Gasteiger partial charge in [0.2, 0.25) is 11.7 Å². The molecule has 3 aliphatic carbocycles. The molecule has 264 valence electrons. The maximum absolute atomic E-state index is 14.2. The number of primary amides is 1. The van der Waals surface area contributed by atoms with Gasteiger partial charge in [-0.15, -0.1) is 0 Å². The second-order valence-electron chi connectivity index (χ2n) is 13.9. The number of esters is 1. The number of nitrogens with one attached hydrogen (secondary N) is 1. The number of ketones is 2. The van der Waals surface area contributed by atoms with Crippen molar-refractivity contribution < 1.29 is 49.1 Å². The number of Topliss-reactive ketones (excluding diaryl/α,β-unsaturated/α-hetero) is 2. The van der Waals surface area contributed by atoms with E-state index in [-0.39, 0.29) is 41.6 Å². The SMILES string of the molecule is COC(=O)C(CC(C)C)NCc1ccc(OC)c(-c2ccc(O)c3c2C[C@@H]2C[C@@H]4[C@@H](N(C)C)C(O)C(C(N)=O)C(=O)[C@]4(O)C(=O)C2=C3O)c1. The summed E-state index contributed by atoms with van der Waals surface area (Å²) < 4.78 is 10.7. The van der Waals surface area contributed by atoms with E-state index in [9.17, 15) is 39.6 Å². The van der Waals surface area contributed by atoms with Gasteiger partial charge in [-0.1, -0.05) is 26.0 Å². The fraction of sp³-hybridized carbons (Fsp3) is 0.500. The molecule has 13 heteroatoms. The van der Waals surface area contributed by atoms with E-state index in [0.29, 0.717) is 35.4 Å². The maximum Gasteiger partial charge on any atom is 0.322 e. The number of amides is 1. The van der Waals surface area contributed by atoms with E-state index in [4.69, 9.17) is 15.2 Å². The van der Waals surface area contributed by atoms with Crippen molar-refractivity contribution in [2.75, 3.05) is 28.3 Å². The lowest BCUT2D eigenvalue weighted by molar-refractivity contribution is -0.184. The van der Waals surface area contributed by atoms with Crippen LogP contribution in [-0.4, -0.2) is 101 Å². The molecule has 0 bridgehead atoms. The number of aliphatic hydroxyl groups is 3. The summed E-state index contributed by atoms with van der Waals surface area (Å²) >= 11 is 0. The second kappa shape index (κ2) is 13.5. The van der Waals surface area contributed by atoms with Crippen molar-refractivity contribution in [3.63, 3.8) is 0 Å². The van der Waals surface area contributed by atoms with Crippen molar-refractivity contribution in [2.24, 2.45) is 29.4 Å². The number of methoxy groups -OCH3 is 2. The first kappa shape index (κ1) is 36.0. The highest BCUT2D eigenvalue weighted by molar-refractivity contribution is 6.25. The zero-order chi connectivity index (χ0) is 36.1. The Kier molecular flexibility index (Phi) is 9.95. The molecule has 3 aliphatic rings. The summed E-state index contributed by atoms with van der Waals surface area (Å²) in [6, 6.07) is 7.07. The van der Waals surface area contributed by atoms with Gasteiger partial charge in [0.15, 0.2) is 11.4 Å². The van der Waals surface area contributed by atoms with Gasteiger partial charge in [-0.25, -0.2) is 0 Å². The van der Waals surface area contributed by atoms with Crippen molar-refractivity contribution in [1.82, 2.24) is 10.2 Å². The molecule has 0 radical (unpaired) electrons. The molecule has 0 saturated heterocycles. The van der Waals surface area contributed by atoms with Gasteiger partial charge in [0, 0.05) is 29.6 Å². The quantitative estimate of drug-likeness (QED) is 0.156. The van der Waals surface area contributed by atoms with Gasteiger partial charge in [0.25, 0.3) is 0 Å². The summed E-state index contributed by atoms with van der Waals surface area (Å²) in [6.45, 7) is 4.35. The zero-order valence-electron chi connectivity index (χ0n) is 28.5. The van der Waals surface area contributed by atoms with Crippen LogP contribution in [0.3, 0.4) is 0 Å². The molecule has 2 aromatic carbocycles. The van der Waals surface area contributed by atoms with Crippen LogP contribution in [0.2, 0.25) is 0 Å². The third-order valence-electron chi connectivity index (χ3n) is 10.3. The fourth-order valence-electron chi connectivity index (χ4n) is 8.05. The molecule has 0 aromatic heterocycles. The number of nitrogens with zero attached hydrogens (tertiary/aromatic N) is 1. The Hall–Kier alpha value is -4.30. The minimum atomic E-state index is -2.74. The largest absolute Gasteiger partial charge is 0.507 e. The standard InChI is InChI=1S/C36H45N3O10/c1-16(2)11-23(35(46)49-6)38-15-17-7-10-25(48-5)20(12-17)19-8-9-24(40)27-21(19)13-18-14-22-29(39(3)4)31(42)28(34(37)45)33(44)36(22,47)32(43)26(18)30(27)41/h7-10,12,16,18,22-23,28-29,31,38,40-42,47H,11,13-15H2,1-6H3,(H2,37,45)/t18-,22-,23?,28?,29-,31?,36-/m1/s1. The third-order valence-corrected chi connectivity index (χ3v) is 10.3. The first-order chi connectivity index (χ1) is 23.1. The average Bonchev–Trinajstić information content (AvgIpc) is 3.03. The molecule has 0 aliphatic heterocycles. The van der Waals surface area contributed by atoms with E-state index in [1.165, 1.54) is 20.3 Å². The van der Waals surface area contributed by atoms with Gasteiger partial charge in [0.05, 0.1) is 25.9 Å². The number of ether oxygens (including phenoxy) is 2. The lowest BCUT2D eigenvalue weighted by Gasteiger charge is -2.53. The van der Waals surface area contributed by atoms with Gasteiger partial charge >= 0.3 is 5.97 Å². The summed E-state index contributed by atoms with van der Waals surface area (Å²) in [5.74, 6) is -7.67. The first-order valence-corrected chi connectivity index (χ1v) is 16.3. The van der Waals surface area contributed by atoms with E-state index >= 15 is 0 Å². The van der Waals surface area contributed by atoms with Crippen molar-refractivity contribution in [1.29, 1.82) is 0 Å². The van der Waals surface area contributed by atoms with Gasteiger partial charge in [0.1, 0.15) is 29.2 Å². The number of benzene rings is 2.